The number of benzene rings is 1. The SMILES string of the molecule is C[C@@H]1[C@H]2C[C@@H](C[C@H]1Nc1cnn(CCN3C(=O)c4ccccc4C3=O)c(=O)c1Br)C2(C)C. The number of amides is 2. The van der Waals surface area contributed by atoms with Crippen molar-refractivity contribution in [2.24, 2.45) is 23.2 Å². The van der Waals surface area contributed by atoms with Gasteiger partial charge in [-0.05, 0) is 64.1 Å². The summed E-state index contributed by atoms with van der Waals surface area (Å²) in [6.45, 7) is 7.26. The van der Waals surface area contributed by atoms with Gasteiger partial charge in [0.15, 0.2) is 0 Å². The Morgan fingerprint density at radius 1 is 1.09 bits per heavy atom. The number of carbonyl (C=O) groups is 2. The van der Waals surface area contributed by atoms with E-state index in [2.05, 4.69) is 47.1 Å². The largest absolute Gasteiger partial charge is 0.380 e. The first-order valence-electron chi connectivity index (χ1n) is 11.2. The Morgan fingerprint density at radius 3 is 2.34 bits per heavy atom. The van der Waals surface area contributed by atoms with E-state index >= 15 is 0 Å². The lowest BCUT2D eigenvalue weighted by Crippen LogP contribution is -2.58. The zero-order valence-corrected chi connectivity index (χ0v) is 20.1. The van der Waals surface area contributed by atoms with Gasteiger partial charge in [0.25, 0.3) is 17.4 Å². The number of aromatic nitrogens is 2. The second-order valence-corrected chi connectivity index (χ2v) is 10.7. The molecule has 2 amide bonds. The zero-order valence-electron chi connectivity index (χ0n) is 18.5. The van der Waals surface area contributed by atoms with Gasteiger partial charge in [0.05, 0.1) is 29.6 Å². The van der Waals surface area contributed by atoms with Gasteiger partial charge in [0.2, 0.25) is 0 Å². The summed E-state index contributed by atoms with van der Waals surface area (Å²) in [5, 5.41) is 7.86. The van der Waals surface area contributed by atoms with Crippen LogP contribution < -0.4 is 10.9 Å². The van der Waals surface area contributed by atoms with Gasteiger partial charge in [0, 0.05) is 12.6 Å². The van der Waals surface area contributed by atoms with Gasteiger partial charge in [-0.3, -0.25) is 19.3 Å². The van der Waals surface area contributed by atoms with Crippen LogP contribution in [0.25, 0.3) is 0 Å². The molecule has 3 saturated carbocycles. The van der Waals surface area contributed by atoms with E-state index < -0.39 is 0 Å². The minimum absolute atomic E-state index is 0.0938. The Morgan fingerprint density at radius 2 is 1.75 bits per heavy atom. The standard InChI is InChI=1S/C24H27BrN4O3/c1-13-17-10-14(24(17,2)3)11-18(13)27-19-12-26-29(23(32)20(19)25)9-8-28-21(30)15-6-4-5-7-16(15)22(28)31/h4-7,12-14,17-18,27H,8-11H2,1-3H3/t13-,14+,17-,18-/m1/s1. The number of carbonyl (C=O) groups excluding carboxylic acids is 2. The number of halogens is 1. The van der Waals surface area contributed by atoms with Gasteiger partial charge >= 0.3 is 0 Å². The summed E-state index contributed by atoms with van der Waals surface area (Å²) in [5.74, 6) is 1.28. The average molecular weight is 499 g/mol. The predicted octanol–water partition coefficient (Wildman–Crippen LogP) is 3.78. The number of rotatable bonds is 5. The van der Waals surface area contributed by atoms with E-state index in [4.69, 9.17) is 0 Å². The lowest BCUT2D eigenvalue weighted by Gasteiger charge is -2.62. The Labute approximate surface area is 195 Å². The van der Waals surface area contributed by atoms with Crippen LogP contribution in [0, 0.1) is 23.2 Å². The molecule has 0 saturated heterocycles. The summed E-state index contributed by atoms with van der Waals surface area (Å²) in [5.41, 5.74) is 1.63. The van der Waals surface area contributed by atoms with Crippen molar-refractivity contribution in [2.45, 2.75) is 46.2 Å². The fourth-order valence-electron chi connectivity index (χ4n) is 5.90. The van der Waals surface area contributed by atoms with Crippen LogP contribution in [-0.2, 0) is 6.54 Å². The highest BCUT2D eigenvalue weighted by atomic mass is 79.9. The predicted molar refractivity (Wildman–Crippen MR) is 125 cm³/mol. The molecule has 32 heavy (non-hydrogen) atoms. The minimum atomic E-state index is -0.330. The molecule has 168 valence electrons. The van der Waals surface area contributed by atoms with E-state index in [0.29, 0.717) is 50.5 Å². The first kappa shape index (κ1) is 21.4. The molecule has 3 aliphatic carbocycles. The van der Waals surface area contributed by atoms with Crippen LogP contribution in [0.3, 0.4) is 0 Å². The summed E-state index contributed by atoms with van der Waals surface area (Å²) in [6, 6.07) is 7.08. The quantitative estimate of drug-likeness (QED) is 0.634. The van der Waals surface area contributed by atoms with Crippen molar-refractivity contribution in [1.82, 2.24) is 14.7 Å². The first-order valence-corrected chi connectivity index (χ1v) is 12.0. The molecule has 1 aliphatic heterocycles. The molecule has 2 aromatic rings. The van der Waals surface area contributed by atoms with Crippen molar-refractivity contribution in [3.63, 3.8) is 0 Å². The topological polar surface area (TPSA) is 84.3 Å². The van der Waals surface area contributed by atoms with E-state index in [-0.39, 0.29) is 30.5 Å². The molecule has 4 aliphatic rings. The maximum absolute atomic E-state index is 12.9. The second-order valence-electron chi connectivity index (χ2n) is 9.91. The zero-order chi connectivity index (χ0) is 22.8. The molecule has 1 aromatic heterocycles. The number of anilines is 1. The van der Waals surface area contributed by atoms with Crippen LogP contribution in [0.1, 0.15) is 54.3 Å². The Kier molecular flexibility index (Phi) is 5.04. The fourth-order valence-corrected chi connectivity index (χ4v) is 6.32. The van der Waals surface area contributed by atoms with Crippen LogP contribution in [0.15, 0.2) is 39.7 Å². The summed E-state index contributed by atoms with van der Waals surface area (Å²) >= 11 is 3.44. The van der Waals surface area contributed by atoms with E-state index in [0.717, 1.165) is 6.42 Å². The molecular weight excluding hydrogens is 472 g/mol. The first-order chi connectivity index (χ1) is 15.2. The highest BCUT2D eigenvalue weighted by Crippen LogP contribution is 2.61. The Hall–Kier alpha value is -2.48. The molecule has 1 N–H and O–H groups in total. The average Bonchev–Trinajstić information content (AvgIpc) is 3.02. The van der Waals surface area contributed by atoms with Gasteiger partial charge in [0.1, 0.15) is 4.47 Å². The van der Waals surface area contributed by atoms with E-state index in [1.54, 1.807) is 30.5 Å². The monoisotopic (exact) mass is 498 g/mol. The van der Waals surface area contributed by atoms with Gasteiger partial charge < -0.3 is 5.32 Å². The third kappa shape index (κ3) is 3.14. The number of fused-ring (bicyclic) bond motifs is 3. The smallest absolute Gasteiger partial charge is 0.283 e. The van der Waals surface area contributed by atoms with Crippen LogP contribution in [0.5, 0.6) is 0 Å². The molecule has 7 nitrogen and oxygen atoms in total. The lowest BCUT2D eigenvalue weighted by atomic mass is 9.45. The minimum Gasteiger partial charge on any atom is -0.380 e. The molecule has 0 radical (unpaired) electrons. The Bertz CT molecular complexity index is 1140. The van der Waals surface area contributed by atoms with Crippen LogP contribution in [-0.4, -0.2) is 39.1 Å². The molecule has 2 bridgehead atoms. The van der Waals surface area contributed by atoms with Gasteiger partial charge in [-0.25, -0.2) is 4.68 Å². The Balaban J connectivity index is 1.28. The maximum atomic E-state index is 12.9. The van der Waals surface area contributed by atoms with Crippen LogP contribution in [0.2, 0.25) is 0 Å². The molecular formula is C24H27BrN4O3. The van der Waals surface area contributed by atoms with E-state index in [1.165, 1.54) is 16.0 Å². The van der Waals surface area contributed by atoms with Gasteiger partial charge in [-0.15, -0.1) is 0 Å². The number of nitrogens with one attached hydrogen (secondary N) is 1. The molecule has 2 heterocycles. The van der Waals surface area contributed by atoms with Crippen molar-refractivity contribution < 1.29 is 9.59 Å². The summed E-state index contributed by atoms with van der Waals surface area (Å²) < 4.78 is 1.73. The third-order valence-electron chi connectivity index (χ3n) is 8.09. The molecule has 3 fully saturated rings. The van der Waals surface area contributed by atoms with Crippen LogP contribution in [0.4, 0.5) is 5.69 Å². The molecule has 6 rings (SSSR count). The molecule has 1 aromatic carbocycles. The number of hydrogen-bond acceptors (Lipinski definition) is 5. The fraction of sp³-hybridized carbons (Fsp3) is 0.500. The molecule has 4 atom stereocenters. The molecule has 8 heteroatoms. The normalized spacial score (nSPS) is 27.8. The molecule has 0 spiro atoms. The number of hydrogen-bond donors (Lipinski definition) is 1. The highest BCUT2D eigenvalue weighted by molar-refractivity contribution is 9.10. The third-order valence-corrected chi connectivity index (χ3v) is 8.86. The van der Waals surface area contributed by atoms with Gasteiger partial charge in [-0.2, -0.15) is 5.10 Å². The van der Waals surface area contributed by atoms with Crippen molar-refractivity contribution >= 4 is 33.4 Å². The van der Waals surface area contributed by atoms with Crippen LogP contribution >= 0.6 is 15.9 Å². The van der Waals surface area contributed by atoms with E-state index in [9.17, 15) is 14.4 Å². The van der Waals surface area contributed by atoms with Crippen molar-refractivity contribution in [2.75, 3.05) is 11.9 Å². The van der Waals surface area contributed by atoms with Crippen molar-refractivity contribution in [3.05, 3.63) is 56.4 Å². The summed E-state index contributed by atoms with van der Waals surface area (Å²) in [6.07, 6.45) is 4.05. The summed E-state index contributed by atoms with van der Waals surface area (Å²) in [4.78, 5) is 39.2. The lowest BCUT2D eigenvalue weighted by molar-refractivity contribution is -0.105. The highest BCUT2D eigenvalue weighted by Gasteiger charge is 2.56. The number of nitrogens with zero attached hydrogens (tertiary/aromatic N) is 3. The summed E-state index contributed by atoms with van der Waals surface area (Å²) in [7, 11) is 0. The molecule has 0 unspecified atom stereocenters. The maximum Gasteiger partial charge on any atom is 0.283 e. The van der Waals surface area contributed by atoms with E-state index in [1.807, 2.05) is 0 Å². The van der Waals surface area contributed by atoms with Gasteiger partial charge in [-0.1, -0.05) is 32.9 Å². The number of imide groups is 1. The second kappa shape index (κ2) is 7.54. The van der Waals surface area contributed by atoms with Crippen molar-refractivity contribution in [3.8, 4) is 0 Å². The van der Waals surface area contributed by atoms with Crippen molar-refractivity contribution in [1.29, 1.82) is 0 Å².